The average Bonchev–Trinajstić information content (AvgIpc) is 2.84. The van der Waals surface area contributed by atoms with E-state index < -0.39 is 0 Å². The Kier molecular flexibility index (Phi) is 4.95. The molecule has 0 unspecified atom stereocenters. The highest BCUT2D eigenvalue weighted by Gasteiger charge is 2.36. The smallest absolute Gasteiger partial charge is 0.0798 e. The Morgan fingerprint density at radius 2 is 2.16 bits per heavy atom. The first-order chi connectivity index (χ1) is 9.11. The molecule has 0 aromatic carbocycles. The van der Waals surface area contributed by atoms with Crippen LogP contribution >= 0.6 is 11.3 Å². The number of rotatable bonds is 5. The molecule has 4 nitrogen and oxygen atoms in total. The third-order valence-corrected chi connectivity index (χ3v) is 5.57. The third kappa shape index (κ3) is 3.16. The second-order valence-corrected chi connectivity index (χ2v) is 6.52. The molecule has 0 atom stereocenters. The molecule has 0 bridgehead atoms. The minimum atomic E-state index is 0.169. The molecule has 0 amide bonds. The number of likely N-dealkylation sites (tertiary alicyclic amines) is 1. The van der Waals surface area contributed by atoms with Gasteiger partial charge in [-0.3, -0.25) is 4.90 Å². The van der Waals surface area contributed by atoms with Gasteiger partial charge in [-0.05, 0) is 46.4 Å². The van der Waals surface area contributed by atoms with Crippen molar-refractivity contribution in [2.75, 3.05) is 33.2 Å². The van der Waals surface area contributed by atoms with E-state index in [0.717, 1.165) is 25.3 Å². The summed E-state index contributed by atoms with van der Waals surface area (Å²) in [6.45, 7) is 9.53. The van der Waals surface area contributed by atoms with Crippen molar-refractivity contribution in [2.24, 2.45) is 5.73 Å². The topological polar surface area (TPSA) is 45.4 Å². The van der Waals surface area contributed by atoms with Gasteiger partial charge in [-0.25, -0.2) is 4.98 Å². The summed E-state index contributed by atoms with van der Waals surface area (Å²) in [4.78, 5) is 10.7. The maximum absolute atomic E-state index is 6.12. The molecule has 19 heavy (non-hydrogen) atoms. The van der Waals surface area contributed by atoms with E-state index in [0.29, 0.717) is 0 Å². The number of nitrogens with zero attached hydrogens (tertiary/aromatic N) is 3. The highest BCUT2D eigenvalue weighted by atomic mass is 32.1. The Hall–Kier alpha value is -0.490. The lowest BCUT2D eigenvalue weighted by Gasteiger charge is -2.46. The van der Waals surface area contributed by atoms with Gasteiger partial charge < -0.3 is 10.6 Å². The Labute approximate surface area is 120 Å². The standard InChI is InChI=1S/C14H26N4S/c1-4-18-7-5-14(10-15,6-8-18)17(3)9-13-12(2)16-11-19-13/h11H,4-10,15H2,1-3H3. The van der Waals surface area contributed by atoms with Crippen LogP contribution in [0.1, 0.15) is 30.3 Å². The zero-order valence-corrected chi connectivity index (χ0v) is 13.2. The van der Waals surface area contributed by atoms with E-state index in [9.17, 15) is 0 Å². The van der Waals surface area contributed by atoms with Gasteiger partial charge >= 0.3 is 0 Å². The van der Waals surface area contributed by atoms with Crippen molar-refractivity contribution in [3.05, 3.63) is 16.1 Å². The van der Waals surface area contributed by atoms with E-state index in [1.165, 1.54) is 30.8 Å². The summed E-state index contributed by atoms with van der Waals surface area (Å²) in [6, 6.07) is 0. The summed E-state index contributed by atoms with van der Waals surface area (Å²) >= 11 is 1.75. The van der Waals surface area contributed by atoms with Crippen LogP contribution in [0.3, 0.4) is 0 Å². The molecule has 1 fully saturated rings. The molecule has 0 radical (unpaired) electrons. The van der Waals surface area contributed by atoms with Gasteiger partial charge in [-0.15, -0.1) is 11.3 Å². The number of aromatic nitrogens is 1. The fourth-order valence-electron chi connectivity index (χ4n) is 2.89. The number of thiazole rings is 1. The second kappa shape index (κ2) is 6.31. The molecule has 1 aliphatic heterocycles. The number of hydrogen-bond donors (Lipinski definition) is 1. The van der Waals surface area contributed by atoms with Crippen LogP contribution in [0.4, 0.5) is 0 Å². The van der Waals surface area contributed by atoms with Gasteiger partial charge in [0.05, 0.1) is 11.2 Å². The summed E-state index contributed by atoms with van der Waals surface area (Å²) in [5.41, 5.74) is 9.39. The van der Waals surface area contributed by atoms with Crippen LogP contribution in [-0.2, 0) is 6.54 Å². The molecule has 2 heterocycles. The highest BCUT2D eigenvalue weighted by molar-refractivity contribution is 7.09. The van der Waals surface area contributed by atoms with Crippen molar-refractivity contribution in [2.45, 2.75) is 38.8 Å². The molecule has 0 aliphatic carbocycles. The minimum Gasteiger partial charge on any atom is -0.329 e. The van der Waals surface area contributed by atoms with E-state index in [2.05, 4.69) is 35.7 Å². The Bertz CT molecular complexity index is 396. The largest absolute Gasteiger partial charge is 0.329 e. The normalized spacial score (nSPS) is 20.1. The van der Waals surface area contributed by atoms with Crippen molar-refractivity contribution in [1.29, 1.82) is 0 Å². The van der Waals surface area contributed by atoms with Crippen LogP contribution in [-0.4, -0.2) is 53.5 Å². The number of aryl methyl sites for hydroxylation is 1. The molecule has 5 heteroatoms. The molecule has 0 saturated carbocycles. The molecule has 1 aliphatic rings. The lowest BCUT2D eigenvalue weighted by atomic mass is 9.86. The van der Waals surface area contributed by atoms with Gasteiger partial charge in [-0.2, -0.15) is 0 Å². The number of nitrogens with two attached hydrogens (primary N) is 1. The van der Waals surface area contributed by atoms with Gasteiger partial charge in [0.15, 0.2) is 0 Å². The summed E-state index contributed by atoms with van der Waals surface area (Å²) in [7, 11) is 2.22. The summed E-state index contributed by atoms with van der Waals surface area (Å²) in [5.74, 6) is 0. The fraction of sp³-hybridized carbons (Fsp3) is 0.786. The summed E-state index contributed by atoms with van der Waals surface area (Å²) in [5, 5.41) is 0. The van der Waals surface area contributed by atoms with Crippen LogP contribution < -0.4 is 5.73 Å². The number of hydrogen-bond acceptors (Lipinski definition) is 5. The summed E-state index contributed by atoms with van der Waals surface area (Å²) in [6.07, 6.45) is 2.34. The van der Waals surface area contributed by atoms with Crippen molar-refractivity contribution < 1.29 is 0 Å². The number of likely N-dealkylation sites (N-methyl/N-ethyl adjacent to an activating group) is 1. The van der Waals surface area contributed by atoms with Gasteiger partial charge in [0.1, 0.15) is 0 Å². The van der Waals surface area contributed by atoms with Crippen molar-refractivity contribution in [3.8, 4) is 0 Å². The monoisotopic (exact) mass is 282 g/mol. The van der Waals surface area contributed by atoms with Crippen LogP contribution in [0, 0.1) is 6.92 Å². The maximum Gasteiger partial charge on any atom is 0.0798 e. The molecular formula is C14H26N4S. The predicted molar refractivity (Wildman–Crippen MR) is 81.5 cm³/mol. The van der Waals surface area contributed by atoms with Crippen LogP contribution in [0.5, 0.6) is 0 Å². The first-order valence-electron chi connectivity index (χ1n) is 7.14. The third-order valence-electron chi connectivity index (χ3n) is 4.65. The van der Waals surface area contributed by atoms with E-state index in [-0.39, 0.29) is 5.54 Å². The highest BCUT2D eigenvalue weighted by Crippen LogP contribution is 2.29. The second-order valence-electron chi connectivity index (χ2n) is 5.58. The predicted octanol–water partition coefficient (Wildman–Crippen LogP) is 1.70. The molecule has 1 aromatic heterocycles. The molecular weight excluding hydrogens is 256 g/mol. The van der Waals surface area contributed by atoms with Gasteiger partial charge in [0, 0.05) is 23.5 Å². The maximum atomic E-state index is 6.12. The van der Waals surface area contributed by atoms with Crippen molar-refractivity contribution in [3.63, 3.8) is 0 Å². The fourth-order valence-corrected chi connectivity index (χ4v) is 3.72. The van der Waals surface area contributed by atoms with E-state index in [1.807, 2.05) is 5.51 Å². The van der Waals surface area contributed by atoms with Crippen molar-refractivity contribution >= 4 is 11.3 Å². The van der Waals surface area contributed by atoms with Gasteiger partial charge in [0.2, 0.25) is 0 Å². The molecule has 2 N–H and O–H groups in total. The van der Waals surface area contributed by atoms with E-state index >= 15 is 0 Å². The number of piperidine rings is 1. The van der Waals surface area contributed by atoms with E-state index in [1.54, 1.807) is 11.3 Å². The Morgan fingerprint density at radius 3 is 2.63 bits per heavy atom. The lowest BCUT2D eigenvalue weighted by molar-refractivity contribution is 0.0424. The van der Waals surface area contributed by atoms with Crippen LogP contribution in [0.15, 0.2) is 5.51 Å². The Morgan fingerprint density at radius 1 is 1.47 bits per heavy atom. The minimum absolute atomic E-state index is 0.169. The zero-order valence-electron chi connectivity index (χ0n) is 12.4. The van der Waals surface area contributed by atoms with E-state index in [4.69, 9.17) is 5.73 Å². The quantitative estimate of drug-likeness (QED) is 0.893. The lowest BCUT2D eigenvalue weighted by Crippen LogP contribution is -2.57. The molecule has 1 saturated heterocycles. The van der Waals surface area contributed by atoms with Gasteiger partial charge in [0.25, 0.3) is 0 Å². The molecule has 108 valence electrons. The van der Waals surface area contributed by atoms with Gasteiger partial charge in [-0.1, -0.05) is 6.92 Å². The first-order valence-corrected chi connectivity index (χ1v) is 8.02. The Balaban J connectivity index is 2.03. The molecule has 2 rings (SSSR count). The first kappa shape index (κ1) is 14.9. The van der Waals surface area contributed by atoms with Crippen LogP contribution in [0.25, 0.3) is 0 Å². The molecule has 1 aromatic rings. The average molecular weight is 282 g/mol. The zero-order chi connectivity index (χ0) is 13.9. The summed E-state index contributed by atoms with van der Waals surface area (Å²) < 4.78 is 0. The van der Waals surface area contributed by atoms with Crippen LogP contribution in [0.2, 0.25) is 0 Å². The molecule has 0 spiro atoms. The van der Waals surface area contributed by atoms with Crippen molar-refractivity contribution in [1.82, 2.24) is 14.8 Å². The SMILES string of the molecule is CCN1CCC(CN)(N(C)Cc2scnc2C)CC1.